The molecule has 1 saturated carbocycles. The zero-order chi connectivity index (χ0) is 10.9. The highest BCUT2D eigenvalue weighted by Crippen LogP contribution is 2.37. The quantitative estimate of drug-likeness (QED) is 0.658. The number of rotatable bonds is 2. The predicted molar refractivity (Wildman–Crippen MR) is 60.1 cm³/mol. The molecule has 1 aliphatic rings. The second-order valence-electron chi connectivity index (χ2n) is 6.22. The fourth-order valence-corrected chi connectivity index (χ4v) is 2.50. The normalized spacial score (nSPS) is 33.8. The second-order valence-corrected chi connectivity index (χ2v) is 6.22. The third-order valence-corrected chi connectivity index (χ3v) is 3.47. The van der Waals surface area contributed by atoms with E-state index < -0.39 is 0 Å². The zero-order valence-electron chi connectivity index (χ0n) is 10.3. The van der Waals surface area contributed by atoms with Crippen LogP contribution >= 0.6 is 0 Å². The van der Waals surface area contributed by atoms with Gasteiger partial charge in [0.2, 0.25) is 0 Å². The maximum atomic E-state index is 11.8. The first-order chi connectivity index (χ1) is 6.31. The Bertz CT molecular complexity index is 212. The summed E-state index contributed by atoms with van der Waals surface area (Å²) in [5.74, 6) is 1.79. The van der Waals surface area contributed by atoms with E-state index >= 15 is 0 Å². The highest BCUT2D eigenvalue weighted by molar-refractivity contribution is 5.85. The van der Waals surface area contributed by atoms with Crippen molar-refractivity contribution in [1.29, 1.82) is 0 Å². The van der Waals surface area contributed by atoms with E-state index in [-0.39, 0.29) is 0 Å². The van der Waals surface area contributed by atoms with Crippen LogP contribution in [0.1, 0.15) is 53.9 Å². The zero-order valence-corrected chi connectivity index (χ0v) is 10.3. The second kappa shape index (κ2) is 4.04. The summed E-state index contributed by atoms with van der Waals surface area (Å²) < 4.78 is 0. The number of Topliss-reactive ketones (excluding diaryl/α,β-unsaturated/α-hetero) is 1. The molecule has 0 aliphatic heterocycles. The Labute approximate surface area is 88.3 Å². The van der Waals surface area contributed by atoms with E-state index in [0.29, 0.717) is 29.0 Å². The molecule has 1 heteroatoms. The summed E-state index contributed by atoms with van der Waals surface area (Å²) in [5.41, 5.74) is 0.367. The van der Waals surface area contributed by atoms with Gasteiger partial charge in [0, 0.05) is 11.8 Å². The first-order valence-electron chi connectivity index (χ1n) is 5.85. The van der Waals surface area contributed by atoms with Crippen molar-refractivity contribution >= 4 is 5.78 Å². The lowest BCUT2D eigenvalue weighted by Gasteiger charge is -2.21. The van der Waals surface area contributed by atoms with Gasteiger partial charge in [0.05, 0.1) is 0 Å². The van der Waals surface area contributed by atoms with Crippen molar-refractivity contribution in [3.05, 3.63) is 0 Å². The van der Waals surface area contributed by atoms with Gasteiger partial charge < -0.3 is 0 Å². The van der Waals surface area contributed by atoms with Crippen molar-refractivity contribution < 1.29 is 4.79 Å². The smallest absolute Gasteiger partial charge is 0.139 e. The first-order valence-corrected chi connectivity index (χ1v) is 5.85. The summed E-state index contributed by atoms with van der Waals surface area (Å²) in [7, 11) is 0. The minimum atomic E-state index is 0.315. The summed E-state index contributed by atoms with van der Waals surface area (Å²) in [6.45, 7) is 11.1. The minimum Gasteiger partial charge on any atom is -0.299 e. The molecule has 0 bridgehead atoms. The van der Waals surface area contributed by atoms with Gasteiger partial charge in [-0.05, 0) is 30.6 Å². The average Bonchev–Trinajstić information content (AvgIpc) is 2.23. The molecule has 0 aromatic heterocycles. The molecule has 82 valence electrons. The monoisotopic (exact) mass is 196 g/mol. The van der Waals surface area contributed by atoms with Crippen LogP contribution in [0.25, 0.3) is 0 Å². The fourth-order valence-electron chi connectivity index (χ4n) is 2.50. The number of carbonyl (C=O) groups is 1. The Kier molecular flexibility index (Phi) is 3.39. The van der Waals surface area contributed by atoms with Crippen molar-refractivity contribution in [3.63, 3.8) is 0 Å². The molecule has 1 aliphatic carbocycles. The van der Waals surface area contributed by atoms with Crippen molar-refractivity contribution in [3.8, 4) is 0 Å². The average molecular weight is 196 g/mol. The van der Waals surface area contributed by atoms with Gasteiger partial charge in [-0.2, -0.15) is 0 Å². The molecule has 3 atom stereocenters. The minimum absolute atomic E-state index is 0.315. The van der Waals surface area contributed by atoms with E-state index in [9.17, 15) is 4.79 Å². The molecule has 0 amide bonds. The molecule has 0 heterocycles. The third kappa shape index (κ3) is 2.83. The Hall–Kier alpha value is -0.330. The molecular formula is C13H24O. The highest BCUT2D eigenvalue weighted by Gasteiger charge is 2.37. The van der Waals surface area contributed by atoms with Crippen molar-refractivity contribution in [2.45, 2.75) is 53.9 Å². The maximum absolute atomic E-state index is 11.8. The van der Waals surface area contributed by atoms with E-state index in [1.165, 1.54) is 6.42 Å². The summed E-state index contributed by atoms with van der Waals surface area (Å²) in [5, 5.41) is 0. The van der Waals surface area contributed by atoms with Crippen LogP contribution in [0.4, 0.5) is 0 Å². The van der Waals surface area contributed by atoms with Crippen LogP contribution < -0.4 is 0 Å². The Morgan fingerprint density at radius 2 is 1.86 bits per heavy atom. The van der Waals surface area contributed by atoms with Crippen molar-refractivity contribution in [2.75, 3.05) is 0 Å². The molecule has 0 saturated heterocycles. The first kappa shape index (κ1) is 11.7. The number of hydrogen-bond acceptors (Lipinski definition) is 1. The molecule has 1 rings (SSSR count). The summed E-state index contributed by atoms with van der Waals surface area (Å²) in [6.07, 6.45) is 3.36. The molecule has 0 aromatic carbocycles. The summed E-state index contributed by atoms with van der Waals surface area (Å²) >= 11 is 0. The fraction of sp³-hybridized carbons (Fsp3) is 0.923. The van der Waals surface area contributed by atoms with Crippen LogP contribution in [0, 0.1) is 23.2 Å². The van der Waals surface area contributed by atoms with Crippen LogP contribution in [-0.4, -0.2) is 5.78 Å². The number of ketones is 1. The Morgan fingerprint density at radius 3 is 2.21 bits per heavy atom. The van der Waals surface area contributed by atoms with Gasteiger partial charge in [-0.15, -0.1) is 0 Å². The number of carbonyl (C=O) groups excluding carboxylic acids is 1. The highest BCUT2D eigenvalue weighted by atomic mass is 16.1. The molecule has 0 radical (unpaired) electrons. The van der Waals surface area contributed by atoms with E-state index in [0.717, 1.165) is 12.8 Å². The van der Waals surface area contributed by atoms with Gasteiger partial charge in [0.15, 0.2) is 0 Å². The molecule has 3 unspecified atom stereocenters. The molecule has 14 heavy (non-hydrogen) atoms. The molecular weight excluding hydrogens is 172 g/mol. The molecule has 0 N–H and O–H groups in total. The largest absolute Gasteiger partial charge is 0.299 e. The van der Waals surface area contributed by atoms with Crippen LogP contribution in [0.3, 0.4) is 0 Å². The Morgan fingerprint density at radius 1 is 1.29 bits per heavy atom. The van der Waals surface area contributed by atoms with Crippen LogP contribution in [0.2, 0.25) is 0 Å². The standard InChI is InChI=1S/C13H24O/c1-9-8-10(2)12(14)11(9)6-7-13(3,4)5/h9-11H,6-8H2,1-5H3. The van der Waals surface area contributed by atoms with Gasteiger partial charge in [-0.3, -0.25) is 4.79 Å². The van der Waals surface area contributed by atoms with E-state index in [1.54, 1.807) is 0 Å². The van der Waals surface area contributed by atoms with Crippen LogP contribution in [0.15, 0.2) is 0 Å². The third-order valence-electron chi connectivity index (χ3n) is 3.47. The van der Waals surface area contributed by atoms with Crippen molar-refractivity contribution in [2.24, 2.45) is 23.2 Å². The van der Waals surface area contributed by atoms with E-state index in [1.807, 2.05) is 0 Å². The van der Waals surface area contributed by atoms with Gasteiger partial charge in [-0.25, -0.2) is 0 Å². The lowest BCUT2D eigenvalue weighted by molar-refractivity contribution is -0.124. The molecule has 1 nitrogen and oxygen atoms in total. The SMILES string of the molecule is CC1CC(C)C(CCC(C)(C)C)C1=O. The number of hydrogen-bond donors (Lipinski definition) is 0. The van der Waals surface area contributed by atoms with Gasteiger partial charge in [0.25, 0.3) is 0 Å². The van der Waals surface area contributed by atoms with E-state index in [2.05, 4.69) is 34.6 Å². The lowest BCUT2D eigenvalue weighted by Crippen LogP contribution is -2.18. The van der Waals surface area contributed by atoms with Crippen molar-refractivity contribution in [1.82, 2.24) is 0 Å². The van der Waals surface area contributed by atoms with E-state index in [4.69, 9.17) is 0 Å². The Balaban J connectivity index is 2.49. The topological polar surface area (TPSA) is 17.1 Å². The summed E-state index contributed by atoms with van der Waals surface area (Å²) in [4.78, 5) is 11.8. The molecule has 1 fully saturated rings. The van der Waals surface area contributed by atoms with Gasteiger partial charge >= 0.3 is 0 Å². The van der Waals surface area contributed by atoms with Crippen LogP contribution in [-0.2, 0) is 4.79 Å². The molecule has 0 spiro atoms. The van der Waals surface area contributed by atoms with Crippen LogP contribution in [0.5, 0.6) is 0 Å². The lowest BCUT2D eigenvalue weighted by atomic mass is 9.83. The molecule has 0 aromatic rings. The van der Waals surface area contributed by atoms with Gasteiger partial charge in [0.1, 0.15) is 5.78 Å². The van der Waals surface area contributed by atoms with Gasteiger partial charge in [-0.1, -0.05) is 34.6 Å². The maximum Gasteiger partial charge on any atom is 0.139 e. The summed E-state index contributed by atoms with van der Waals surface area (Å²) in [6, 6.07) is 0. The predicted octanol–water partition coefficient (Wildman–Crippen LogP) is 3.67.